The number of methoxy groups -OCH3 is 3. The van der Waals surface area contributed by atoms with Gasteiger partial charge in [-0.2, -0.15) is 0 Å². The molecule has 3 heterocycles. The average Bonchev–Trinajstić information content (AvgIpc) is 3.69. The number of hydrogen-bond acceptors (Lipinski definition) is 9. The summed E-state index contributed by atoms with van der Waals surface area (Å²) in [5, 5.41) is 7.70. The molecule has 2 amide bonds. The van der Waals surface area contributed by atoms with Crippen LogP contribution in [-0.4, -0.2) is 54.6 Å². The smallest absolute Gasteiger partial charge is 0.230 e. The van der Waals surface area contributed by atoms with Gasteiger partial charge in [0.25, 0.3) is 0 Å². The number of carbonyl (C=O) groups excluding carboxylic acids is 2. The number of likely N-dealkylation sites (tertiary alicyclic amines) is 1. The SMILES string of the molecule is COc1cc(C(CC(=O)N2CCC(c3c[nH]c4ccc(N=O)cc34)CC2=O)c2c[nH]c3ccc(N=O)cc23)cc(OC)c1OC. The molecule has 2 aromatic heterocycles. The second-order valence-electron chi connectivity index (χ2n) is 11.0. The molecular weight excluding hydrogens is 578 g/mol. The first-order valence-electron chi connectivity index (χ1n) is 14.4. The highest BCUT2D eigenvalue weighted by Gasteiger charge is 2.34. The Balaban J connectivity index is 1.33. The Morgan fingerprint density at radius 3 is 2.11 bits per heavy atom. The Morgan fingerprint density at radius 1 is 0.889 bits per heavy atom. The van der Waals surface area contributed by atoms with Crippen LogP contribution in [0.2, 0.25) is 0 Å². The monoisotopic (exact) mass is 609 g/mol. The zero-order valence-electron chi connectivity index (χ0n) is 25.0. The number of nitrogens with one attached hydrogen (secondary N) is 2. The number of aromatic nitrogens is 2. The number of benzene rings is 3. The molecular formula is C33H31N5O7. The average molecular weight is 610 g/mol. The summed E-state index contributed by atoms with van der Waals surface area (Å²) in [5.74, 6) is -0.0224. The number of hydrogen-bond donors (Lipinski definition) is 2. The molecule has 0 radical (unpaired) electrons. The van der Waals surface area contributed by atoms with E-state index in [1.807, 2.05) is 6.20 Å². The van der Waals surface area contributed by atoms with Crippen molar-refractivity contribution >= 4 is 45.0 Å². The number of fused-ring (bicyclic) bond motifs is 2. The van der Waals surface area contributed by atoms with Crippen LogP contribution in [0.25, 0.3) is 21.8 Å². The van der Waals surface area contributed by atoms with Gasteiger partial charge in [0, 0.05) is 59.5 Å². The number of nitrogens with zero attached hydrogens (tertiary/aromatic N) is 3. The number of rotatable bonds is 10. The fourth-order valence-corrected chi connectivity index (χ4v) is 6.36. The maximum absolute atomic E-state index is 14.0. The zero-order valence-corrected chi connectivity index (χ0v) is 25.0. The molecule has 0 bridgehead atoms. The fourth-order valence-electron chi connectivity index (χ4n) is 6.36. The van der Waals surface area contributed by atoms with Crippen LogP contribution in [0.15, 0.2) is 71.3 Å². The molecule has 0 aliphatic carbocycles. The lowest BCUT2D eigenvalue weighted by molar-refractivity contribution is -0.147. The minimum atomic E-state index is -0.546. The van der Waals surface area contributed by atoms with Crippen LogP contribution in [0.5, 0.6) is 17.2 Å². The van der Waals surface area contributed by atoms with Gasteiger partial charge in [-0.05, 0) is 87.9 Å². The summed E-state index contributed by atoms with van der Waals surface area (Å²) in [6.45, 7) is 0.246. The number of H-pyrrole nitrogens is 2. The number of imide groups is 1. The first-order chi connectivity index (χ1) is 21.9. The molecule has 12 heteroatoms. The molecule has 0 saturated carbocycles. The van der Waals surface area contributed by atoms with Crippen LogP contribution in [-0.2, 0) is 9.59 Å². The first-order valence-corrected chi connectivity index (χ1v) is 14.4. The Hall–Kier alpha value is -5.52. The largest absolute Gasteiger partial charge is 0.493 e. The van der Waals surface area contributed by atoms with E-state index >= 15 is 0 Å². The summed E-state index contributed by atoms with van der Waals surface area (Å²) in [6, 6.07) is 13.8. The summed E-state index contributed by atoms with van der Waals surface area (Å²) in [6.07, 6.45) is 4.33. The zero-order chi connectivity index (χ0) is 31.7. The first kappa shape index (κ1) is 29.5. The van der Waals surface area contributed by atoms with E-state index in [0.29, 0.717) is 34.9 Å². The van der Waals surface area contributed by atoms with Gasteiger partial charge < -0.3 is 24.2 Å². The van der Waals surface area contributed by atoms with Crippen molar-refractivity contribution in [3.05, 3.63) is 87.4 Å². The van der Waals surface area contributed by atoms with Gasteiger partial charge in [0.05, 0.1) is 21.3 Å². The second-order valence-corrected chi connectivity index (χ2v) is 11.0. The number of ether oxygens (including phenoxy) is 3. The third-order valence-corrected chi connectivity index (χ3v) is 8.61. The van der Waals surface area contributed by atoms with E-state index in [2.05, 4.69) is 20.3 Å². The van der Waals surface area contributed by atoms with Gasteiger partial charge in [0.15, 0.2) is 11.5 Å². The maximum atomic E-state index is 14.0. The molecule has 1 saturated heterocycles. The van der Waals surface area contributed by atoms with Gasteiger partial charge in [-0.1, -0.05) is 0 Å². The molecule has 12 nitrogen and oxygen atoms in total. The Morgan fingerprint density at radius 2 is 1.51 bits per heavy atom. The molecule has 3 aromatic carbocycles. The minimum Gasteiger partial charge on any atom is -0.493 e. The minimum absolute atomic E-state index is 0.0395. The molecule has 6 rings (SSSR count). The summed E-state index contributed by atoms with van der Waals surface area (Å²) < 4.78 is 16.7. The van der Waals surface area contributed by atoms with Gasteiger partial charge in [0.2, 0.25) is 17.6 Å². The van der Waals surface area contributed by atoms with E-state index in [1.54, 1.807) is 54.7 Å². The highest BCUT2D eigenvalue weighted by molar-refractivity contribution is 5.98. The molecule has 1 aliphatic heterocycles. The van der Waals surface area contributed by atoms with E-state index in [1.165, 1.54) is 26.2 Å². The van der Waals surface area contributed by atoms with E-state index < -0.39 is 5.92 Å². The Labute approximate surface area is 257 Å². The van der Waals surface area contributed by atoms with Crippen molar-refractivity contribution in [1.82, 2.24) is 14.9 Å². The lowest BCUT2D eigenvalue weighted by Gasteiger charge is -2.31. The van der Waals surface area contributed by atoms with Crippen molar-refractivity contribution in [2.75, 3.05) is 27.9 Å². The molecule has 0 spiro atoms. The predicted molar refractivity (Wildman–Crippen MR) is 169 cm³/mol. The summed E-state index contributed by atoms with van der Waals surface area (Å²) in [7, 11) is 4.54. The highest BCUT2D eigenvalue weighted by Crippen LogP contribution is 2.44. The normalized spacial score (nSPS) is 15.7. The molecule has 2 unspecified atom stereocenters. The summed E-state index contributed by atoms with van der Waals surface area (Å²) in [4.78, 5) is 57.7. The van der Waals surface area contributed by atoms with Gasteiger partial charge in [0.1, 0.15) is 11.4 Å². The van der Waals surface area contributed by atoms with Crippen molar-refractivity contribution in [3.8, 4) is 17.2 Å². The highest BCUT2D eigenvalue weighted by atomic mass is 16.5. The molecule has 2 atom stereocenters. The summed E-state index contributed by atoms with van der Waals surface area (Å²) in [5.41, 5.74) is 4.55. The molecule has 230 valence electrons. The molecule has 5 aromatic rings. The standard InChI is InChI=1S/C33H31N5O7/c1-43-29-10-19(11-30(44-2)33(29)45-3)22(26-17-35-28-7-5-21(37-42)14-24(26)28)15-32(40)38-9-8-18(12-31(38)39)25-16-34-27-6-4-20(36-41)13-23(25)27/h4-7,10-11,13-14,16-18,22,34-35H,8-9,12,15H2,1-3H3. The second kappa shape index (κ2) is 12.2. The number of piperidine rings is 1. The molecule has 2 N–H and O–H groups in total. The number of nitroso groups, excluding NO2 is 2. The van der Waals surface area contributed by atoms with Gasteiger partial charge in [-0.3, -0.25) is 14.5 Å². The van der Waals surface area contributed by atoms with Gasteiger partial charge in [-0.25, -0.2) is 0 Å². The summed E-state index contributed by atoms with van der Waals surface area (Å²) >= 11 is 0. The van der Waals surface area contributed by atoms with E-state index in [4.69, 9.17) is 14.2 Å². The van der Waals surface area contributed by atoms with Crippen LogP contribution in [0, 0.1) is 9.81 Å². The maximum Gasteiger partial charge on any atom is 0.230 e. The van der Waals surface area contributed by atoms with Crippen molar-refractivity contribution in [2.45, 2.75) is 31.1 Å². The van der Waals surface area contributed by atoms with Crippen LogP contribution in [0.3, 0.4) is 0 Å². The van der Waals surface area contributed by atoms with Crippen LogP contribution in [0.1, 0.15) is 47.8 Å². The number of amides is 2. The van der Waals surface area contributed by atoms with Crippen molar-refractivity contribution < 1.29 is 23.8 Å². The lowest BCUT2D eigenvalue weighted by atomic mass is 9.85. The van der Waals surface area contributed by atoms with Crippen LogP contribution >= 0.6 is 0 Å². The lowest BCUT2D eigenvalue weighted by Crippen LogP contribution is -2.42. The Bertz CT molecular complexity index is 1920. The van der Waals surface area contributed by atoms with Crippen molar-refractivity contribution in [1.29, 1.82) is 0 Å². The predicted octanol–water partition coefficient (Wildman–Crippen LogP) is 6.93. The van der Waals surface area contributed by atoms with Crippen molar-refractivity contribution in [2.24, 2.45) is 10.4 Å². The molecule has 1 aliphatic rings. The van der Waals surface area contributed by atoms with Gasteiger partial charge in [-0.15, -0.1) is 9.81 Å². The van der Waals surface area contributed by atoms with E-state index in [-0.39, 0.29) is 42.8 Å². The fraction of sp³-hybridized carbons (Fsp3) is 0.273. The third-order valence-electron chi connectivity index (χ3n) is 8.61. The van der Waals surface area contributed by atoms with Crippen molar-refractivity contribution in [3.63, 3.8) is 0 Å². The number of carbonyl (C=O) groups is 2. The number of aromatic amines is 2. The quantitative estimate of drug-likeness (QED) is 0.163. The molecule has 1 fully saturated rings. The van der Waals surface area contributed by atoms with Crippen LogP contribution < -0.4 is 14.2 Å². The topological polar surface area (TPSA) is 156 Å². The van der Waals surface area contributed by atoms with E-state index in [0.717, 1.165) is 32.9 Å². The van der Waals surface area contributed by atoms with Crippen LogP contribution in [0.4, 0.5) is 11.4 Å². The Kier molecular flexibility index (Phi) is 8.03. The third kappa shape index (κ3) is 5.39. The molecule has 45 heavy (non-hydrogen) atoms. The van der Waals surface area contributed by atoms with Gasteiger partial charge >= 0.3 is 0 Å². The van der Waals surface area contributed by atoms with E-state index in [9.17, 15) is 19.4 Å².